The molecular weight excluding hydrogens is 446 g/mol. The number of carboxylic acids is 1. The summed E-state index contributed by atoms with van der Waals surface area (Å²) in [6.07, 6.45) is 9.66. The highest BCUT2D eigenvalue weighted by molar-refractivity contribution is 5.98. The van der Waals surface area contributed by atoms with Gasteiger partial charge in [0.25, 0.3) is 5.91 Å². The van der Waals surface area contributed by atoms with Crippen LogP contribution >= 0.6 is 0 Å². The molecule has 5 rings (SSSR count). The van der Waals surface area contributed by atoms with E-state index in [1.807, 2.05) is 25.1 Å². The Labute approximate surface area is 205 Å². The molecule has 0 spiro atoms. The number of rotatable bonds is 4. The van der Waals surface area contributed by atoms with E-state index in [1.54, 1.807) is 20.9 Å². The van der Waals surface area contributed by atoms with Crippen LogP contribution in [-0.4, -0.2) is 74.7 Å². The van der Waals surface area contributed by atoms with Gasteiger partial charge in [-0.15, -0.1) is 0 Å². The number of likely N-dealkylation sites (tertiary alicyclic amines) is 2. The van der Waals surface area contributed by atoms with Gasteiger partial charge in [-0.25, -0.2) is 19.5 Å². The van der Waals surface area contributed by atoms with Crippen molar-refractivity contribution in [3.05, 3.63) is 30.1 Å². The fourth-order valence-corrected chi connectivity index (χ4v) is 6.23. The van der Waals surface area contributed by atoms with Gasteiger partial charge < -0.3 is 14.9 Å². The van der Waals surface area contributed by atoms with E-state index < -0.39 is 5.97 Å². The molecule has 3 aliphatic rings. The maximum absolute atomic E-state index is 13.5. The van der Waals surface area contributed by atoms with Crippen molar-refractivity contribution >= 4 is 28.9 Å². The second-order valence-corrected chi connectivity index (χ2v) is 10.1. The van der Waals surface area contributed by atoms with Crippen LogP contribution in [0.5, 0.6) is 0 Å². The summed E-state index contributed by atoms with van der Waals surface area (Å²) in [6.45, 7) is 4.03. The van der Waals surface area contributed by atoms with E-state index in [-0.39, 0.29) is 17.9 Å². The Hall–Kier alpha value is -3.10. The molecule has 2 aromatic rings. The van der Waals surface area contributed by atoms with E-state index in [4.69, 9.17) is 0 Å². The molecule has 0 radical (unpaired) electrons. The van der Waals surface area contributed by atoms with Gasteiger partial charge in [0.2, 0.25) is 0 Å². The molecule has 2 unspecified atom stereocenters. The molecule has 0 bridgehead atoms. The monoisotopic (exact) mass is 481 g/mol. The van der Waals surface area contributed by atoms with Crippen molar-refractivity contribution in [3.8, 4) is 0 Å². The molecule has 1 aromatic heterocycles. The largest absolute Gasteiger partial charge is 0.481 e. The van der Waals surface area contributed by atoms with Gasteiger partial charge in [0.05, 0.1) is 17.0 Å². The number of aromatic nitrogens is 2. The molecule has 1 N–H and O–H groups in total. The van der Waals surface area contributed by atoms with Gasteiger partial charge in [-0.1, -0.05) is 12.8 Å². The van der Waals surface area contributed by atoms with Crippen molar-refractivity contribution in [2.24, 2.45) is 11.8 Å². The van der Waals surface area contributed by atoms with E-state index in [0.717, 1.165) is 24.9 Å². The Morgan fingerprint density at radius 2 is 1.77 bits per heavy atom. The Morgan fingerprint density at radius 3 is 2.51 bits per heavy atom. The van der Waals surface area contributed by atoms with Crippen LogP contribution in [0.2, 0.25) is 0 Å². The predicted octanol–water partition coefficient (Wildman–Crippen LogP) is 3.71. The molecule has 3 fully saturated rings. The van der Waals surface area contributed by atoms with Crippen LogP contribution in [-0.2, 0) is 4.79 Å². The number of carbonyl (C=O) groups excluding carboxylic acids is 2. The van der Waals surface area contributed by atoms with Crippen LogP contribution in [0.25, 0.3) is 11.0 Å². The lowest BCUT2D eigenvalue weighted by Crippen LogP contribution is -2.51. The van der Waals surface area contributed by atoms with Crippen molar-refractivity contribution < 1.29 is 19.5 Å². The first-order chi connectivity index (χ1) is 17.0. The van der Waals surface area contributed by atoms with Crippen LogP contribution in [0.1, 0.15) is 68.6 Å². The minimum atomic E-state index is -0.793. The van der Waals surface area contributed by atoms with E-state index in [9.17, 15) is 19.5 Å². The second-order valence-electron chi connectivity index (χ2n) is 10.1. The summed E-state index contributed by atoms with van der Waals surface area (Å²) in [5, 5.41) is 10.9. The average Bonchev–Trinajstić information content (AvgIpc) is 3.31. The quantitative estimate of drug-likeness (QED) is 0.718. The number of hydrogen-bond donors (Lipinski definition) is 1. The number of urea groups is 1. The topological polar surface area (TPSA) is 99.0 Å². The van der Waals surface area contributed by atoms with Crippen molar-refractivity contribution in [2.45, 2.75) is 64.3 Å². The molecule has 9 heteroatoms. The number of carboxylic acid groups (broad SMARTS) is 1. The Balaban J connectivity index is 1.34. The third kappa shape index (κ3) is 4.48. The lowest BCUT2D eigenvalue weighted by Gasteiger charge is -2.44. The number of benzene rings is 1. The second kappa shape index (κ2) is 9.87. The van der Waals surface area contributed by atoms with Crippen LogP contribution in [0.4, 0.5) is 4.79 Å². The van der Waals surface area contributed by atoms with E-state index >= 15 is 0 Å². The van der Waals surface area contributed by atoms with Crippen LogP contribution in [0, 0.1) is 11.8 Å². The molecule has 1 saturated carbocycles. The van der Waals surface area contributed by atoms with Gasteiger partial charge in [0.1, 0.15) is 6.33 Å². The zero-order chi connectivity index (χ0) is 24.5. The summed E-state index contributed by atoms with van der Waals surface area (Å²) in [5.74, 6) is -0.459. The molecule has 9 nitrogen and oxygen atoms in total. The van der Waals surface area contributed by atoms with Gasteiger partial charge >= 0.3 is 12.0 Å². The average molecular weight is 482 g/mol. The summed E-state index contributed by atoms with van der Waals surface area (Å²) >= 11 is 0. The lowest BCUT2D eigenvalue weighted by molar-refractivity contribution is -0.143. The van der Waals surface area contributed by atoms with Gasteiger partial charge in [-0.2, -0.15) is 0 Å². The summed E-state index contributed by atoms with van der Waals surface area (Å²) < 4.78 is 1.74. The SMILES string of the molecule is CCN(C(=O)N1CCC(C(=O)O)CC1)n1cnc2cc(C(=O)N3CCCC4CCCCC43)ccc21. The molecule has 1 aromatic carbocycles. The van der Waals surface area contributed by atoms with Crippen LogP contribution < -0.4 is 5.01 Å². The highest BCUT2D eigenvalue weighted by atomic mass is 16.4. The Morgan fingerprint density at radius 1 is 1.03 bits per heavy atom. The molecule has 2 aliphatic heterocycles. The van der Waals surface area contributed by atoms with E-state index in [1.165, 1.54) is 25.7 Å². The van der Waals surface area contributed by atoms with Crippen molar-refractivity contribution in [1.82, 2.24) is 19.5 Å². The molecule has 35 heavy (non-hydrogen) atoms. The predicted molar refractivity (Wildman–Crippen MR) is 132 cm³/mol. The molecule has 2 atom stereocenters. The van der Waals surface area contributed by atoms with E-state index in [0.29, 0.717) is 55.5 Å². The number of hydrogen-bond acceptors (Lipinski definition) is 4. The third-order valence-electron chi connectivity index (χ3n) is 8.17. The first-order valence-corrected chi connectivity index (χ1v) is 13.1. The number of amides is 3. The number of aliphatic carboxylic acids is 1. The van der Waals surface area contributed by atoms with Crippen LogP contribution in [0.3, 0.4) is 0 Å². The standard InChI is InChI=1S/C26H35N5O4/c1-2-30(26(35)28-14-11-19(12-15-28)25(33)34)31-17-27-21-16-20(9-10-23(21)31)24(32)29-13-5-7-18-6-3-4-8-22(18)29/h9-10,16-19,22H,2-8,11-15H2,1H3,(H,33,34). The number of nitrogens with zero attached hydrogens (tertiary/aromatic N) is 5. The zero-order valence-corrected chi connectivity index (χ0v) is 20.4. The summed E-state index contributed by atoms with van der Waals surface area (Å²) in [4.78, 5) is 46.3. The first kappa shape index (κ1) is 23.6. The normalized spacial score (nSPS) is 23.2. The maximum atomic E-state index is 13.5. The minimum absolute atomic E-state index is 0.0859. The molecule has 3 heterocycles. The van der Waals surface area contributed by atoms with E-state index in [2.05, 4.69) is 9.88 Å². The number of imidazole rings is 1. The number of fused-ring (bicyclic) bond motifs is 2. The van der Waals surface area contributed by atoms with Gasteiger partial charge in [-0.05, 0) is 69.6 Å². The van der Waals surface area contributed by atoms with Crippen molar-refractivity contribution in [2.75, 3.05) is 31.2 Å². The smallest absolute Gasteiger partial charge is 0.339 e. The number of carbonyl (C=O) groups is 3. The molecule has 1 aliphatic carbocycles. The third-order valence-corrected chi connectivity index (χ3v) is 8.17. The zero-order valence-electron chi connectivity index (χ0n) is 20.4. The highest BCUT2D eigenvalue weighted by Gasteiger charge is 2.36. The lowest BCUT2D eigenvalue weighted by atomic mass is 9.78. The van der Waals surface area contributed by atoms with Gasteiger partial charge in [0.15, 0.2) is 0 Å². The fraction of sp³-hybridized carbons (Fsp3) is 0.615. The molecule has 3 amide bonds. The molecular formula is C26H35N5O4. The Bertz CT molecular complexity index is 1100. The summed E-state index contributed by atoms with van der Waals surface area (Å²) in [6, 6.07) is 5.78. The van der Waals surface area contributed by atoms with Gasteiger partial charge in [0, 0.05) is 37.8 Å². The maximum Gasteiger partial charge on any atom is 0.339 e. The molecule has 2 saturated heterocycles. The van der Waals surface area contributed by atoms with Crippen molar-refractivity contribution in [3.63, 3.8) is 0 Å². The number of piperidine rings is 2. The fourth-order valence-electron chi connectivity index (χ4n) is 6.23. The minimum Gasteiger partial charge on any atom is -0.481 e. The molecule has 188 valence electrons. The van der Waals surface area contributed by atoms with Crippen molar-refractivity contribution in [1.29, 1.82) is 0 Å². The highest BCUT2D eigenvalue weighted by Crippen LogP contribution is 2.36. The first-order valence-electron chi connectivity index (χ1n) is 13.1. The van der Waals surface area contributed by atoms with Crippen LogP contribution in [0.15, 0.2) is 24.5 Å². The Kier molecular flexibility index (Phi) is 6.67. The summed E-state index contributed by atoms with van der Waals surface area (Å²) in [5.41, 5.74) is 2.11. The summed E-state index contributed by atoms with van der Waals surface area (Å²) in [7, 11) is 0. The van der Waals surface area contributed by atoms with Gasteiger partial charge in [-0.3, -0.25) is 9.59 Å².